The summed E-state index contributed by atoms with van der Waals surface area (Å²) in [6, 6.07) is 0.656. The van der Waals surface area contributed by atoms with E-state index in [2.05, 4.69) is 14.5 Å². The Balaban J connectivity index is 1.67. The molecule has 0 bridgehead atoms. The Morgan fingerprint density at radius 2 is 2.06 bits per heavy atom. The SMILES string of the molecule is OC1CCN(Cc2cncn2C2CCCCC2)C1. The van der Waals surface area contributed by atoms with Gasteiger partial charge in [-0.3, -0.25) is 4.90 Å². The van der Waals surface area contributed by atoms with Gasteiger partial charge in [-0.1, -0.05) is 19.3 Å². The van der Waals surface area contributed by atoms with E-state index in [1.165, 1.54) is 37.8 Å². The lowest BCUT2D eigenvalue weighted by molar-refractivity contribution is 0.173. The van der Waals surface area contributed by atoms with Crippen molar-refractivity contribution in [2.45, 2.75) is 57.2 Å². The maximum absolute atomic E-state index is 9.58. The fourth-order valence-electron chi connectivity index (χ4n) is 3.33. The van der Waals surface area contributed by atoms with E-state index in [-0.39, 0.29) is 6.10 Å². The number of hydrogen-bond donors (Lipinski definition) is 1. The number of imidazole rings is 1. The molecule has 1 saturated heterocycles. The second kappa shape index (κ2) is 5.41. The Morgan fingerprint density at radius 3 is 2.78 bits per heavy atom. The number of rotatable bonds is 3. The van der Waals surface area contributed by atoms with Gasteiger partial charge in [0.25, 0.3) is 0 Å². The molecular formula is C14H23N3O. The van der Waals surface area contributed by atoms with E-state index in [0.717, 1.165) is 26.1 Å². The highest BCUT2D eigenvalue weighted by atomic mass is 16.3. The van der Waals surface area contributed by atoms with Gasteiger partial charge in [-0.05, 0) is 19.3 Å². The van der Waals surface area contributed by atoms with Crippen molar-refractivity contribution in [1.82, 2.24) is 14.5 Å². The van der Waals surface area contributed by atoms with Crippen LogP contribution in [-0.4, -0.2) is 38.8 Å². The first-order valence-corrected chi connectivity index (χ1v) is 7.24. The third kappa shape index (κ3) is 2.59. The minimum atomic E-state index is -0.129. The molecule has 1 aliphatic carbocycles. The Bertz CT molecular complexity index is 384. The van der Waals surface area contributed by atoms with Gasteiger partial charge in [0.2, 0.25) is 0 Å². The summed E-state index contributed by atoms with van der Waals surface area (Å²) in [6.45, 7) is 2.76. The Labute approximate surface area is 109 Å². The molecule has 1 saturated carbocycles. The molecule has 4 nitrogen and oxygen atoms in total. The minimum absolute atomic E-state index is 0.129. The monoisotopic (exact) mass is 249 g/mol. The van der Waals surface area contributed by atoms with Gasteiger partial charge >= 0.3 is 0 Å². The van der Waals surface area contributed by atoms with Crippen LogP contribution in [0.2, 0.25) is 0 Å². The van der Waals surface area contributed by atoms with Gasteiger partial charge in [0.05, 0.1) is 18.1 Å². The summed E-state index contributed by atoms with van der Waals surface area (Å²) in [6.07, 6.45) is 11.5. The molecule has 2 aliphatic rings. The van der Waals surface area contributed by atoms with Gasteiger partial charge in [0.15, 0.2) is 0 Å². The molecule has 2 fully saturated rings. The Morgan fingerprint density at radius 1 is 1.22 bits per heavy atom. The van der Waals surface area contributed by atoms with Crippen molar-refractivity contribution in [1.29, 1.82) is 0 Å². The molecule has 18 heavy (non-hydrogen) atoms. The van der Waals surface area contributed by atoms with Crippen molar-refractivity contribution in [3.05, 3.63) is 18.2 Å². The van der Waals surface area contributed by atoms with E-state index in [1.807, 2.05) is 12.5 Å². The summed E-state index contributed by atoms with van der Waals surface area (Å²) >= 11 is 0. The maximum Gasteiger partial charge on any atom is 0.0951 e. The summed E-state index contributed by atoms with van der Waals surface area (Å²) in [7, 11) is 0. The molecule has 1 atom stereocenters. The molecule has 0 aromatic carbocycles. The standard InChI is InChI=1S/C14H23N3O/c18-14-6-7-16(10-14)9-13-8-15-11-17(13)12-4-2-1-3-5-12/h8,11-12,14,18H,1-7,9-10H2. The smallest absolute Gasteiger partial charge is 0.0951 e. The molecular weight excluding hydrogens is 226 g/mol. The van der Waals surface area contributed by atoms with Crippen LogP contribution in [0.5, 0.6) is 0 Å². The molecule has 1 unspecified atom stereocenters. The maximum atomic E-state index is 9.58. The number of aliphatic hydroxyl groups is 1. The normalized spacial score (nSPS) is 26.8. The minimum Gasteiger partial charge on any atom is -0.392 e. The molecule has 1 aromatic rings. The topological polar surface area (TPSA) is 41.3 Å². The van der Waals surface area contributed by atoms with Crippen molar-refractivity contribution < 1.29 is 5.11 Å². The molecule has 4 heteroatoms. The zero-order valence-corrected chi connectivity index (χ0v) is 11.0. The number of aromatic nitrogens is 2. The molecule has 1 aromatic heterocycles. The average molecular weight is 249 g/mol. The number of likely N-dealkylation sites (tertiary alicyclic amines) is 1. The first-order chi connectivity index (χ1) is 8.83. The quantitative estimate of drug-likeness (QED) is 0.890. The van der Waals surface area contributed by atoms with Crippen LogP contribution in [0, 0.1) is 0 Å². The summed E-state index contributed by atoms with van der Waals surface area (Å²) in [5, 5.41) is 9.58. The lowest BCUT2D eigenvalue weighted by atomic mass is 9.95. The predicted molar refractivity (Wildman–Crippen MR) is 70.2 cm³/mol. The van der Waals surface area contributed by atoms with Crippen molar-refractivity contribution >= 4 is 0 Å². The van der Waals surface area contributed by atoms with Crippen LogP contribution >= 0.6 is 0 Å². The molecule has 0 spiro atoms. The second-order valence-electron chi connectivity index (χ2n) is 5.76. The van der Waals surface area contributed by atoms with Crippen molar-refractivity contribution in [2.75, 3.05) is 13.1 Å². The third-order valence-corrected chi connectivity index (χ3v) is 4.35. The van der Waals surface area contributed by atoms with Crippen LogP contribution in [-0.2, 0) is 6.54 Å². The zero-order chi connectivity index (χ0) is 12.4. The van der Waals surface area contributed by atoms with Crippen molar-refractivity contribution in [2.24, 2.45) is 0 Å². The zero-order valence-electron chi connectivity index (χ0n) is 11.0. The highest BCUT2D eigenvalue weighted by Gasteiger charge is 2.23. The fourth-order valence-corrected chi connectivity index (χ4v) is 3.33. The van der Waals surface area contributed by atoms with Crippen LogP contribution in [0.4, 0.5) is 0 Å². The summed E-state index contributed by atoms with van der Waals surface area (Å²) in [5.41, 5.74) is 1.32. The van der Waals surface area contributed by atoms with E-state index in [9.17, 15) is 5.11 Å². The summed E-state index contributed by atoms with van der Waals surface area (Å²) in [4.78, 5) is 6.67. The fraction of sp³-hybridized carbons (Fsp3) is 0.786. The highest BCUT2D eigenvalue weighted by Crippen LogP contribution is 2.29. The van der Waals surface area contributed by atoms with Gasteiger partial charge < -0.3 is 9.67 Å². The van der Waals surface area contributed by atoms with E-state index in [4.69, 9.17) is 0 Å². The Kier molecular flexibility index (Phi) is 3.66. The van der Waals surface area contributed by atoms with Gasteiger partial charge in [-0.15, -0.1) is 0 Å². The van der Waals surface area contributed by atoms with Crippen LogP contribution < -0.4 is 0 Å². The number of hydrogen-bond acceptors (Lipinski definition) is 3. The summed E-state index contributed by atoms with van der Waals surface area (Å²) in [5.74, 6) is 0. The lowest BCUT2D eigenvalue weighted by Gasteiger charge is -2.26. The van der Waals surface area contributed by atoms with E-state index >= 15 is 0 Å². The van der Waals surface area contributed by atoms with Crippen LogP contribution in [0.25, 0.3) is 0 Å². The molecule has 100 valence electrons. The second-order valence-corrected chi connectivity index (χ2v) is 5.76. The third-order valence-electron chi connectivity index (χ3n) is 4.35. The lowest BCUT2D eigenvalue weighted by Crippen LogP contribution is -2.24. The largest absolute Gasteiger partial charge is 0.392 e. The van der Waals surface area contributed by atoms with Gasteiger partial charge in [-0.2, -0.15) is 0 Å². The van der Waals surface area contributed by atoms with Crippen molar-refractivity contribution in [3.63, 3.8) is 0 Å². The molecule has 1 N–H and O–H groups in total. The first kappa shape index (κ1) is 12.2. The van der Waals surface area contributed by atoms with E-state index in [0.29, 0.717) is 6.04 Å². The molecule has 0 amide bonds. The first-order valence-electron chi connectivity index (χ1n) is 7.24. The predicted octanol–water partition coefficient (Wildman–Crippen LogP) is 1.95. The number of β-amino-alcohol motifs (C(OH)–C–C–N with tert-alkyl or cyclic N) is 1. The molecule has 3 rings (SSSR count). The number of nitrogens with zero attached hydrogens (tertiary/aromatic N) is 3. The molecule has 1 aliphatic heterocycles. The Hall–Kier alpha value is -0.870. The number of aliphatic hydroxyl groups excluding tert-OH is 1. The highest BCUT2D eigenvalue weighted by molar-refractivity contribution is 5.02. The van der Waals surface area contributed by atoms with Crippen LogP contribution in [0.3, 0.4) is 0 Å². The van der Waals surface area contributed by atoms with Gasteiger partial charge in [-0.25, -0.2) is 4.98 Å². The van der Waals surface area contributed by atoms with Crippen LogP contribution in [0.15, 0.2) is 12.5 Å². The van der Waals surface area contributed by atoms with Crippen molar-refractivity contribution in [3.8, 4) is 0 Å². The average Bonchev–Trinajstić information content (AvgIpc) is 3.00. The summed E-state index contributed by atoms with van der Waals surface area (Å²) < 4.78 is 2.38. The van der Waals surface area contributed by atoms with Gasteiger partial charge in [0, 0.05) is 31.9 Å². The van der Waals surface area contributed by atoms with E-state index < -0.39 is 0 Å². The van der Waals surface area contributed by atoms with E-state index in [1.54, 1.807) is 0 Å². The molecule has 2 heterocycles. The molecule has 0 radical (unpaired) electrons. The van der Waals surface area contributed by atoms with Gasteiger partial charge in [0.1, 0.15) is 0 Å². The van der Waals surface area contributed by atoms with Crippen LogP contribution in [0.1, 0.15) is 50.3 Å².